The summed E-state index contributed by atoms with van der Waals surface area (Å²) in [4.78, 5) is 24.3. The number of amides is 1. The highest BCUT2D eigenvalue weighted by Gasteiger charge is 2.30. The van der Waals surface area contributed by atoms with E-state index in [0.29, 0.717) is 38.1 Å². The van der Waals surface area contributed by atoms with Gasteiger partial charge >= 0.3 is 0 Å². The van der Waals surface area contributed by atoms with Crippen LogP contribution < -0.4 is 0 Å². The summed E-state index contributed by atoms with van der Waals surface area (Å²) in [7, 11) is -3.59. The predicted octanol–water partition coefficient (Wildman–Crippen LogP) is 0.967. The van der Waals surface area contributed by atoms with E-state index < -0.39 is 10.0 Å². The molecule has 0 aliphatic carbocycles. The van der Waals surface area contributed by atoms with Crippen molar-refractivity contribution in [2.75, 3.05) is 26.2 Å². The molecule has 9 heteroatoms. The summed E-state index contributed by atoms with van der Waals surface area (Å²) < 4.78 is 27.2. The first-order valence-electron chi connectivity index (χ1n) is 8.37. The number of H-pyrrole nitrogens is 2. The van der Waals surface area contributed by atoms with Crippen molar-refractivity contribution >= 4 is 27.0 Å². The number of carbonyl (C=O) groups is 1. The second-order valence-corrected chi connectivity index (χ2v) is 8.20. The molecule has 136 valence electrons. The van der Waals surface area contributed by atoms with Crippen LogP contribution in [0.3, 0.4) is 0 Å². The molecule has 1 amide bonds. The van der Waals surface area contributed by atoms with Crippen molar-refractivity contribution in [1.82, 2.24) is 24.2 Å². The largest absolute Gasteiger partial charge is 0.367 e. The first-order chi connectivity index (χ1) is 12.5. The fraction of sp³-hybridized carbons (Fsp3) is 0.294. The molecule has 1 aliphatic rings. The molecule has 2 aromatic heterocycles. The number of benzene rings is 1. The number of nitrogens with zero attached hydrogens (tertiary/aromatic N) is 3. The highest BCUT2D eigenvalue weighted by atomic mass is 32.2. The number of hydrogen-bond acceptors (Lipinski definition) is 4. The smallest absolute Gasteiger partial charge is 0.243 e. The molecule has 8 nitrogen and oxygen atoms in total. The van der Waals surface area contributed by atoms with Gasteiger partial charge in [0.1, 0.15) is 0 Å². The average Bonchev–Trinajstić information content (AvgIpc) is 3.32. The first kappa shape index (κ1) is 16.8. The maximum atomic E-state index is 12.9. The van der Waals surface area contributed by atoms with Gasteiger partial charge in [-0.25, -0.2) is 13.4 Å². The molecule has 1 aromatic carbocycles. The maximum Gasteiger partial charge on any atom is 0.243 e. The van der Waals surface area contributed by atoms with E-state index in [0.717, 1.165) is 11.1 Å². The van der Waals surface area contributed by atoms with Gasteiger partial charge in [-0.05, 0) is 29.8 Å². The molecule has 0 unspecified atom stereocenters. The van der Waals surface area contributed by atoms with Gasteiger partial charge < -0.3 is 14.9 Å². The van der Waals surface area contributed by atoms with E-state index in [1.54, 1.807) is 35.5 Å². The number of aromatic nitrogens is 3. The molecule has 0 atom stereocenters. The van der Waals surface area contributed by atoms with E-state index in [1.165, 1.54) is 10.6 Å². The van der Waals surface area contributed by atoms with Crippen LogP contribution in [0.25, 0.3) is 11.0 Å². The van der Waals surface area contributed by atoms with Crippen molar-refractivity contribution in [1.29, 1.82) is 0 Å². The fourth-order valence-electron chi connectivity index (χ4n) is 3.16. The van der Waals surface area contributed by atoms with Crippen molar-refractivity contribution in [3.05, 3.63) is 48.5 Å². The highest BCUT2D eigenvalue weighted by Crippen LogP contribution is 2.21. The standard InChI is InChI=1S/C17H19N5O3S/c23-17(9-13-3-4-18-11-13)21-5-7-22(8-6-21)26(24,25)14-1-2-15-16(10-14)20-12-19-15/h1-4,10-12,18H,5-9H2,(H,19,20). The third-order valence-electron chi connectivity index (χ3n) is 4.64. The molecule has 2 N–H and O–H groups in total. The Morgan fingerprint density at radius 2 is 1.96 bits per heavy atom. The van der Waals surface area contributed by atoms with E-state index >= 15 is 0 Å². The number of rotatable bonds is 4. The molecule has 26 heavy (non-hydrogen) atoms. The second kappa shape index (κ2) is 6.58. The van der Waals surface area contributed by atoms with Crippen LogP contribution in [0.4, 0.5) is 0 Å². The quantitative estimate of drug-likeness (QED) is 0.711. The Hall–Kier alpha value is -2.65. The van der Waals surface area contributed by atoms with Crippen LogP contribution in [0.2, 0.25) is 0 Å². The van der Waals surface area contributed by atoms with Crippen molar-refractivity contribution in [3.63, 3.8) is 0 Å². The molecule has 1 aliphatic heterocycles. The van der Waals surface area contributed by atoms with E-state index in [9.17, 15) is 13.2 Å². The van der Waals surface area contributed by atoms with E-state index in [-0.39, 0.29) is 10.8 Å². The molecule has 0 bridgehead atoms. The van der Waals surface area contributed by atoms with Crippen LogP contribution >= 0.6 is 0 Å². The number of aromatic amines is 2. The molecule has 3 aromatic rings. The van der Waals surface area contributed by atoms with E-state index in [1.807, 2.05) is 6.07 Å². The van der Waals surface area contributed by atoms with Crippen LogP contribution in [-0.2, 0) is 21.2 Å². The third-order valence-corrected chi connectivity index (χ3v) is 6.53. The zero-order valence-corrected chi connectivity index (χ0v) is 14.9. The SMILES string of the molecule is O=C(Cc1cc[nH]c1)N1CCN(S(=O)(=O)c2ccc3nc[nH]c3c2)CC1. The van der Waals surface area contributed by atoms with Gasteiger partial charge in [-0.1, -0.05) is 0 Å². The third kappa shape index (κ3) is 3.11. The van der Waals surface area contributed by atoms with Gasteiger partial charge in [0.15, 0.2) is 0 Å². The average molecular weight is 373 g/mol. The number of imidazole rings is 1. The van der Waals surface area contributed by atoms with Crippen molar-refractivity contribution in [3.8, 4) is 0 Å². The normalized spacial score (nSPS) is 16.2. The Morgan fingerprint density at radius 1 is 1.15 bits per heavy atom. The summed E-state index contributed by atoms with van der Waals surface area (Å²) in [6.45, 7) is 1.38. The number of sulfonamides is 1. The van der Waals surface area contributed by atoms with E-state index in [4.69, 9.17) is 0 Å². The summed E-state index contributed by atoms with van der Waals surface area (Å²) in [5.74, 6) is 0.0144. The van der Waals surface area contributed by atoms with Gasteiger partial charge in [0.2, 0.25) is 15.9 Å². The lowest BCUT2D eigenvalue weighted by molar-refractivity contribution is -0.131. The number of carbonyl (C=O) groups excluding carboxylic acids is 1. The number of piperazine rings is 1. The van der Waals surface area contributed by atoms with Gasteiger partial charge in [0.25, 0.3) is 0 Å². The molecule has 3 heterocycles. The Kier molecular flexibility index (Phi) is 4.25. The van der Waals surface area contributed by atoms with Crippen molar-refractivity contribution in [2.24, 2.45) is 0 Å². The minimum absolute atomic E-state index is 0.0144. The Balaban J connectivity index is 1.44. The highest BCUT2D eigenvalue weighted by molar-refractivity contribution is 7.89. The Labute approximate surface area is 150 Å². The van der Waals surface area contributed by atoms with Crippen LogP contribution in [0.5, 0.6) is 0 Å². The molecule has 1 saturated heterocycles. The van der Waals surface area contributed by atoms with Crippen LogP contribution in [0.15, 0.2) is 47.9 Å². The van der Waals surface area contributed by atoms with Gasteiger partial charge in [-0.2, -0.15) is 4.31 Å². The van der Waals surface area contributed by atoms with Crippen LogP contribution in [0.1, 0.15) is 5.56 Å². The van der Waals surface area contributed by atoms with Crippen molar-refractivity contribution in [2.45, 2.75) is 11.3 Å². The van der Waals surface area contributed by atoms with Crippen LogP contribution in [-0.4, -0.2) is 64.7 Å². The molecule has 1 fully saturated rings. The first-order valence-corrected chi connectivity index (χ1v) is 9.81. The molecular weight excluding hydrogens is 354 g/mol. The minimum atomic E-state index is -3.59. The lowest BCUT2D eigenvalue weighted by Gasteiger charge is -2.34. The van der Waals surface area contributed by atoms with Crippen LogP contribution in [0, 0.1) is 0 Å². The fourth-order valence-corrected chi connectivity index (χ4v) is 4.61. The lowest BCUT2D eigenvalue weighted by Crippen LogP contribution is -2.50. The molecule has 4 rings (SSSR count). The van der Waals surface area contributed by atoms with Gasteiger partial charge in [0, 0.05) is 38.6 Å². The molecule has 0 radical (unpaired) electrons. The summed E-state index contributed by atoms with van der Waals surface area (Å²) in [5.41, 5.74) is 2.34. The summed E-state index contributed by atoms with van der Waals surface area (Å²) >= 11 is 0. The zero-order chi connectivity index (χ0) is 18.1. The zero-order valence-electron chi connectivity index (χ0n) is 14.1. The summed E-state index contributed by atoms with van der Waals surface area (Å²) in [6.07, 6.45) is 5.44. The van der Waals surface area contributed by atoms with Gasteiger partial charge in [0.05, 0.1) is 28.7 Å². The number of hydrogen-bond donors (Lipinski definition) is 2. The Morgan fingerprint density at radius 3 is 2.69 bits per heavy atom. The van der Waals surface area contributed by atoms with Crippen molar-refractivity contribution < 1.29 is 13.2 Å². The van der Waals surface area contributed by atoms with Gasteiger partial charge in [-0.15, -0.1) is 0 Å². The lowest BCUT2D eigenvalue weighted by atomic mass is 10.2. The van der Waals surface area contributed by atoms with Gasteiger partial charge in [-0.3, -0.25) is 4.79 Å². The monoisotopic (exact) mass is 373 g/mol. The number of fused-ring (bicyclic) bond motifs is 1. The summed E-state index contributed by atoms with van der Waals surface area (Å²) in [5, 5.41) is 0. The Bertz CT molecular complexity index is 1020. The minimum Gasteiger partial charge on any atom is -0.367 e. The molecular formula is C17H19N5O3S. The topological polar surface area (TPSA) is 102 Å². The maximum absolute atomic E-state index is 12.9. The van der Waals surface area contributed by atoms with E-state index in [2.05, 4.69) is 15.0 Å². The number of nitrogens with one attached hydrogen (secondary N) is 2. The molecule has 0 saturated carbocycles. The predicted molar refractivity (Wildman–Crippen MR) is 95.9 cm³/mol. The molecule has 0 spiro atoms. The second-order valence-electron chi connectivity index (χ2n) is 6.26. The summed E-state index contributed by atoms with van der Waals surface area (Å²) in [6, 6.07) is 6.72.